The lowest BCUT2D eigenvalue weighted by Crippen LogP contribution is -2.35. The van der Waals surface area contributed by atoms with Gasteiger partial charge < -0.3 is 10.4 Å². The highest BCUT2D eigenvalue weighted by Crippen LogP contribution is 2.10. The fourth-order valence-corrected chi connectivity index (χ4v) is 1.85. The maximum Gasteiger partial charge on any atom is 0.325 e. The molecule has 6 heteroatoms. The Morgan fingerprint density at radius 1 is 1.14 bits per heavy atom. The first kappa shape index (κ1) is 16.7. The minimum absolute atomic E-state index is 0.00546. The quantitative estimate of drug-likeness (QED) is 0.750. The number of aliphatic carboxylic acids is 1. The van der Waals surface area contributed by atoms with Crippen molar-refractivity contribution in [1.29, 1.82) is 0 Å². The molecule has 0 aliphatic carbocycles. The van der Waals surface area contributed by atoms with E-state index in [9.17, 15) is 14.4 Å². The molecule has 1 rings (SSSR count). The number of rotatable bonds is 6. The molecule has 0 fully saturated rings. The lowest BCUT2D eigenvalue weighted by Gasteiger charge is -2.10. The molecule has 0 aliphatic heterocycles. The fraction of sp³-hybridized carbons (Fsp3) is 0.400. The van der Waals surface area contributed by atoms with Crippen molar-refractivity contribution in [2.45, 2.75) is 33.1 Å². The Morgan fingerprint density at radius 2 is 1.76 bits per heavy atom. The largest absolute Gasteiger partial charge is 0.481 e. The van der Waals surface area contributed by atoms with Crippen LogP contribution >= 0.6 is 0 Å². The summed E-state index contributed by atoms with van der Waals surface area (Å²) in [5.41, 5.74) is 1.75. The Morgan fingerprint density at radius 3 is 2.29 bits per heavy atom. The molecule has 1 aromatic carbocycles. The number of nitrogens with one attached hydrogen (secondary N) is 2. The van der Waals surface area contributed by atoms with Gasteiger partial charge in [0.1, 0.15) is 0 Å². The van der Waals surface area contributed by atoms with Gasteiger partial charge in [0.2, 0.25) is 5.91 Å². The van der Waals surface area contributed by atoms with Crippen LogP contribution in [0.3, 0.4) is 0 Å². The predicted octanol–water partition coefficient (Wildman–Crippen LogP) is 2.40. The van der Waals surface area contributed by atoms with Crippen molar-refractivity contribution in [3.8, 4) is 0 Å². The van der Waals surface area contributed by atoms with E-state index in [0.29, 0.717) is 5.69 Å². The highest BCUT2D eigenvalue weighted by Gasteiger charge is 2.14. The number of hydrogen-bond acceptors (Lipinski definition) is 3. The highest BCUT2D eigenvalue weighted by molar-refractivity contribution is 6.01. The van der Waals surface area contributed by atoms with Gasteiger partial charge in [0.15, 0.2) is 0 Å². The molecule has 0 radical (unpaired) electrons. The second kappa shape index (κ2) is 8.04. The van der Waals surface area contributed by atoms with E-state index in [1.165, 1.54) is 0 Å². The van der Waals surface area contributed by atoms with Crippen molar-refractivity contribution in [2.75, 3.05) is 5.32 Å². The van der Waals surface area contributed by atoms with Gasteiger partial charge in [-0.05, 0) is 30.0 Å². The summed E-state index contributed by atoms with van der Waals surface area (Å²) in [5, 5.41) is 13.3. The molecule has 1 aromatic rings. The molecule has 0 heterocycles. The van der Waals surface area contributed by atoms with Crippen molar-refractivity contribution < 1.29 is 19.5 Å². The van der Waals surface area contributed by atoms with Gasteiger partial charge in [-0.25, -0.2) is 4.79 Å². The van der Waals surface area contributed by atoms with Crippen LogP contribution in [0.1, 0.15) is 32.3 Å². The smallest absolute Gasteiger partial charge is 0.325 e. The fourth-order valence-electron chi connectivity index (χ4n) is 1.85. The summed E-state index contributed by atoms with van der Waals surface area (Å²) in [6.45, 7) is 3.68. The Bertz CT molecular complexity index is 511. The molecular formula is C15H20N2O4. The van der Waals surface area contributed by atoms with Gasteiger partial charge in [0.05, 0.1) is 0 Å². The van der Waals surface area contributed by atoms with E-state index < -0.39 is 17.9 Å². The summed E-state index contributed by atoms with van der Waals surface area (Å²) in [6.07, 6.45) is 0.800. The predicted molar refractivity (Wildman–Crippen MR) is 79.0 cm³/mol. The van der Waals surface area contributed by atoms with E-state index in [4.69, 9.17) is 5.11 Å². The average molecular weight is 292 g/mol. The minimum Gasteiger partial charge on any atom is -0.481 e. The molecule has 3 amide bonds. The molecule has 1 unspecified atom stereocenters. The van der Waals surface area contributed by atoms with Gasteiger partial charge in [-0.3, -0.25) is 14.9 Å². The third-order valence-electron chi connectivity index (χ3n) is 2.93. The zero-order chi connectivity index (χ0) is 15.8. The first-order chi connectivity index (χ1) is 9.90. The summed E-state index contributed by atoms with van der Waals surface area (Å²) >= 11 is 0. The number of aryl methyl sites for hydroxylation is 1. The molecule has 21 heavy (non-hydrogen) atoms. The van der Waals surface area contributed by atoms with Crippen LogP contribution in [0.25, 0.3) is 0 Å². The summed E-state index contributed by atoms with van der Waals surface area (Å²) in [5.74, 6) is -1.78. The number of benzene rings is 1. The van der Waals surface area contributed by atoms with E-state index in [1.807, 2.05) is 19.1 Å². The zero-order valence-corrected chi connectivity index (χ0v) is 12.2. The van der Waals surface area contributed by atoms with Crippen molar-refractivity contribution in [3.05, 3.63) is 29.8 Å². The van der Waals surface area contributed by atoms with E-state index in [1.54, 1.807) is 19.1 Å². The number of hydrogen-bond donors (Lipinski definition) is 3. The Kier molecular flexibility index (Phi) is 6.39. The molecule has 0 bridgehead atoms. The number of amides is 3. The first-order valence-electron chi connectivity index (χ1n) is 6.82. The first-order valence-corrected chi connectivity index (χ1v) is 6.82. The number of imide groups is 1. The van der Waals surface area contributed by atoms with E-state index in [2.05, 4.69) is 10.6 Å². The van der Waals surface area contributed by atoms with E-state index >= 15 is 0 Å². The maximum atomic E-state index is 11.6. The zero-order valence-electron chi connectivity index (χ0n) is 12.2. The van der Waals surface area contributed by atoms with Crippen LogP contribution in [-0.2, 0) is 16.0 Å². The number of carboxylic acids is 1. The second-order valence-corrected chi connectivity index (χ2v) is 4.96. The SMILES string of the molecule is CCc1ccc(NC(=O)NC(=O)CC(C)CC(=O)O)cc1. The highest BCUT2D eigenvalue weighted by atomic mass is 16.4. The van der Waals surface area contributed by atoms with Gasteiger partial charge in [-0.1, -0.05) is 26.0 Å². The van der Waals surface area contributed by atoms with Crippen molar-refractivity contribution in [1.82, 2.24) is 5.32 Å². The molecule has 0 saturated heterocycles. The number of carbonyl (C=O) groups excluding carboxylic acids is 2. The van der Waals surface area contributed by atoms with Crippen LogP contribution in [0, 0.1) is 5.92 Å². The Balaban J connectivity index is 2.41. The van der Waals surface area contributed by atoms with Crippen molar-refractivity contribution >= 4 is 23.6 Å². The standard InChI is InChI=1S/C15H20N2O4/c1-3-11-4-6-12(7-5-11)16-15(21)17-13(18)8-10(2)9-14(19)20/h4-7,10H,3,8-9H2,1-2H3,(H,19,20)(H2,16,17,18,21). The number of urea groups is 1. The number of anilines is 1. The monoisotopic (exact) mass is 292 g/mol. The van der Waals surface area contributed by atoms with Gasteiger partial charge in [0, 0.05) is 18.5 Å². The minimum atomic E-state index is -0.962. The molecule has 6 nitrogen and oxygen atoms in total. The average Bonchev–Trinajstić information content (AvgIpc) is 2.37. The molecule has 0 spiro atoms. The molecule has 3 N–H and O–H groups in total. The molecule has 114 valence electrons. The van der Waals surface area contributed by atoms with E-state index in [0.717, 1.165) is 12.0 Å². The van der Waals surface area contributed by atoms with Crippen molar-refractivity contribution in [2.24, 2.45) is 5.92 Å². The summed E-state index contributed by atoms with van der Waals surface area (Å²) in [7, 11) is 0. The normalized spacial score (nSPS) is 11.5. The van der Waals surface area contributed by atoms with Crippen LogP contribution < -0.4 is 10.6 Å². The maximum absolute atomic E-state index is 11.6. The topological polar surface area (TPSA) is 95.5 Å². The lowest BCUT2D eigenvalue weighted by atomic mass is 10.0. The van der Waals surface area contributed by atoms with Crippen molar-refractivity contribution in [3.63, 3.8) is 0 Å². The third kappa shape index (κ3) is 6.56. The van der Waals surface area contributed by atoms with Crippen LogP contribution in [0.2, 0.25) is 0 Å². The summed E-state index contributed by atoms with van der Waals surface area (Å²) in [4.78, 5) is 33.7. The van der Waals surface area contributed by atoms with Crippen LogP contribution in [-0.4, -0.2) is 23.0 Å². The van der Waals surface area contributed by atoms with Gasteiger partial charge in [-0.2, -0.15) is 0 Å². The lowest BCUT2D eigenvalue weighted by molar-refractivity contribution is -0.138. The van der Waals surface area contributed by atoms with Crippen LogP contribution in [0.15, 0.2) is 24.3 Å². The molecule has 0 saturated carbocycles. The Hall–Kier alpha value is -2.37. The summed E-state index contributed by atoms with van der Waals surface area (Å²) < 4.78 is 0. The number of carbonyl (C=O) groups is 3. The van der Waals surface area contributed by atoms with Crippen LogP contribution in [0.5, 0.6) is 0 Å². The van der Waals surface area contributed by atoms with Crippen LogP contribution in [0.4, 0.5) is 10.5 Å². The molecule has 0 aromatic heterocycles. The second-order valence-electron chi connectivity index (χ2n) is 4.96. The molecule has 1 atom stereocenters. The van der Waals surface area contributed by atoms with Gasteiger partial charge >= 0.3 is 12.0 Å². The molecular weight excluding hydrogens is 272 g/mol. The number of carboxylic acid groups (broad SMARTS) is 1. The van der Waals surface area contributed by atoms with Gasteiger partial charge in [-0.15, -0.1) is 0 Å². The van der Waals surface area contributed by atoms with E-state index in [-0.39, 0.29) is 18.8 Å². The summed E-state index contributed by atoms with van der Waals surface area (Å²) in [6, 6.07) is 6.69. The van der Waals surface area contributed by atoms with Gasteiger partial charge in [0.25, 0.3) is 0 Å². The third-order valence-corrected chi connectivity index (χ3v) is 2.93. The molecule has 0 aliphatic rings. The Labute approximate surface area is 123 Å².